The zero-order chi connectivity index (χ0) is 9.42. The minimum atomic E-state index is -0.755. The van der Waals surface area contributed by atoms with E-state index in [-0.39, 0.29) is 5.92 Å². The number of allylic oxidation sites excluding steroid dienone is 1. The summed E-state index contributed by atoms with van der Waals surface area (Å²) in [7, 11) is 0. The molecular formula is C10H14O3. The number of ether oxygens (including phenoxy) is 1. The van der Waals surface area contributed by atoms with Crippen molar-refractivity contribution in [3.05, 3.63) is 11.6 Å². The van der Waals surface area contributed by atoms with Gasteiger partial charge in [0.1, 0.15) is 0 Å². The van der Waals surface area contributed by atoms with Crippen molar-refractivity contribution in [2.45, 2.75) is 25.9 Å². The van der Waals surface area contributed by atoms with E-state index in [1.165, 1.54) is 0 Å². The lowest BCUT2D eigenvalue weighted by atomic mass is 9.95. The normalized spacial score (nSPS) is 37.3. The summed E-state index contributed by atoms with van der Waals surface area (Å²) < 4.78 is 5.11. The van der Waals surface area contributed by atoms with Gasteiger partial charge in [0.05, 0.1) is 12.7 Å². The van der Waals surface area contributed by atoms with Gasteiger partial charge in [0.2, 0.25) is 0 Å². The fourth-order valence-corrected chi connectivity index (χ4v) is 2.08. The van der Waals surface area contributed by atoms with E-state index in [1.54, 1.807) is 0 Å². The van der Waals surface area contributed by atoms with E-state index in [2.05, 4.69) is 6.92 Å². The second kappa shape index (κ2) is 3.14. The Morgan fingerprint density at radius 3 is 3.00 bits per heavy atom. The highest BCUT2D eigenvalue weighted by Crippen LogP contribution is 2.36. The monoisotopic (exact) mass is 182 g/mol. The highest BCUT2D eigenvalue weighted by atomic mass is 16.6. The Morgan fingerprint density at radius 1 is 1.77 bits per heavy atom. The van der Waals surface area contributed by atoms with E-state index in [1.807, 2.05) is 6.08 Å². The fourth-order valence-electron chi connectivity index (χ4n) is 2.08. The fraction of sp³-hybridized carbons (Fsp3) is 0.700. The Balaban J connectivity index is 2.01. The first-order chi connectivity index (χ1) is 6.16. The second-order valence-electron chi connectivity index (χ2n) is 4.03. The molecule has 72 valence electrons. The summed E-state index contributed by atoms with van der Waals surface area (Å²) in [6, 6.07) is 0. The molecule has 3 nitrogen and oxygen atoms in total. The summed E-state index contributed by atoms with van der Waals surface area (Å²) in [6.07, 6.45) is 4.08. The highest BCUT2D eigenvalue weighted by molar-refractivity contribution is 5.87. The Labute approximate surface area is 77.4 Å². The van der Waals surface area contributed by atoms with Crippen LogP contribution in [0.2, 0.25) is 0 Å². The van der Waals surface area contributed by atoms with Crippen LogP contribution in [0.25, 0.3) is 0 Å². The number of hydrogen-bond donors (Lipinski definition) is 1. The van der Waals surface area contributed by atoms with E-state index in [0.717, 1.165) is 19.4 Å². The van der Waals surface area contributed by atoms with Crippen molar-refractivity contribution in [1.29, 1.82) is 0 Å². The van der Waals surface area contributed by atoms with Crippen molar-refractivity contribution in [1.82, 2.24) is 0 Å². The van der Waals surface area contributed by atoms with E-state index in [0.29, 0.717) is 17.6 Å². The molecular weight excluding hydrogens is 168 g/mol. The van der Waals surface area contributed by atoms with Gasteiger partial charge in [-0.3, -0.25) is 0 Å². The summed E-state index contributed by atoms with van der Waals surface area (Å²) in [4.78, 5) is 10.9. The summed E-state index contributed by atoms with van der Waals surface area (Å²) in [5.41, 5.74) is 0.600. The smallest absolute Gasteiger partial charge is 0.331 e. The lowest BCUT2D eigenvalue weighted by molar-refractivity contribution is -0.133. The van der Waals surface area contributed by atoms with Gasteiger partial charge in [-0.1, -0.05) is 13.0 Å². The average Bonchev–Trinajstić information content (AvgIpc) is 2.75. The van der Waals surface area contributed by atoms with Crippen LogP contribution in [0.1, 0.15) is 19.8 Å². The van der Waals surface area contributed by atoms with Crippen LogP contribution in [-0.2, 0) is 9.53 Å². The average molecular weight is 182 g/mol. The van der Waals surface area contributed by atoms with Crippen LogP contribution in [0.3, 0.4) is 0 Å². The molecule has 0 saturated carbocycles. The van der Waals surface area contributed by atoms with Crippen LogP contribution in [-0.4, -0.2) is 23.8 Å². The molecule has 3 heteroatoms. The molecule has 1 heterocycles. The standard InChI is InChI=1S/C10H14O3/c1-6-2-7(4-8-5-13-8)9(3-6)10(11)12/h3,6-8H,2,4-5H2,1H3,(H,11,12). The molecule has 0 aromatic carbocycles. The number of aliphatic carboxylic acids is 1. The Morgan fingerprint density at radius 2 is 2.46 bits per heavy atom. The van der Waals surface area contributed by atoms with Gasteiger partial charge in [-0.15, -0.1) is 0 Å². The van der Waals surface area contributed by atoms with Gasteiger partial charge in [0.25, 0.3) is 0 Å². The van der Waals surface area contributed by atoms with Crippen LogP contribution in [0, 0.1) is 11.8 Å². The van der Waals surface area contributed by atoms with Crippen molar-refractivity contribution in [2.24, 2.45) is 11.8 Å². The van der Waals surface area contributed by atoms with Crippen molar-refractivity contribution in [2.75, 3.05) is 6.61 Å². The van der Waals surface area contributed by atoms with E-state index in [9.17, 15) is 4.79 Å². The Kier molecular flexibility index (Phi) is 2.12. The van der Waals surface area contributed by atoms with Crippen LogP contribution in [0.5, 0.6) is 0 Å². The molecule has 0 aromatic heterocycles. The molecule has 2 rings (SSSR count). The third kappa shape index (κ3) is 1.91. The Bertz CT molecular complexity index is 253. The predicted molar refractivity (Wildman–Crippen MR) is 47.3 cm³/mol. The number of carbonyl (C=O) groups is 1. The van der Waals surface area contributed by atoms with Gasteiger partial charge in [0, 0.05) is 5.57 Å². The zero-order valence-corrected chi connectivity index (χ0v) is 7.69. The van der Waals surface area contributed by atoms with E-state index < -0.39 is 5.97 Å². The van der Waals surface area contributed by atoms with Crippen molar-refractivity contribution >= 4 is 5.97 Å². The first-order valence-corrected chi connectivity index (χ1v) is 4.73. The molecule has 2 aliphatic rings. The van der Waals surface area contributed by atoms with Gasteiger partial charge in [-0.2, -0.15) is 0 Å². The van der Waals surface area contributed by atoms with Crippen LogP contribution >= 0.6 is 0 Å². The first kappa shape index (κ1) is 8.75. The number of carboxylic acid groups (broad SMARTS) is 1. The maximum atomic E-state index is 10.9. The molecule has 3 atom stereocenters. The lowest BCUT2D eigenvalue weighted by Gasteiger charge is -2.09. The third-order valence-electron chi connectivity index (χ3n) is 2.76. The van der Waals surface area contributed by atoms with Crippen molar-refractivity contribution < 1.29 is 14.6 Å². The number of epoxide rings is 1. The van der Waals surface area contributed by atoms with Crippen LogP contribution < -0.4 is 0 Å². The quantitative estimate of drug-likeness (QED) is 0.672. The molecule has 0 amide bonds. The number of hydrogen-bond acceptors (Lipinski definition) is 2. The van der Waals surface area contributed by atoms with Crippen LogP contribution in [0.15, 0.2) is 11.6 Å². The minimum Gasteiger partial charge on any atom is -0.478 e. The summed E-state index contributed by atoms with van der Waals surface area (Å²) in [6.45, 7) is 2.88. The summed E-state index contributed by atoms with van der Waals surface area (Å²) in [5, 5.41) is 8.93. The topological polar surface area (TPSA) is 49.8 Å². The Hall–Kier alpha value is -0.830. The molecule has 1 aliphatic carbocycles. The van der Waals surface area contributed by atoms with Crippen molar-refractivity contribution in [3.63, 3.8) is 0 Å². The molecule has 0 aromatic rings. The van der Waals surface area contributed by atoms with Gasteiger partial charge < -0.3 is 9.84 Å². The largest absolute Gasteiger partial charge is 0.478 e. The third-order valence-corrected chi connectivity index (χ3v) is 2.76. The molecule has 13 heavy (non-hydrogen) atoms. The molecule has 1 aliphatic heterocycles. The molecule has 1 N–H and O–H groups in total. The summed E-state index contributed by atoms with van der Waals surface area (Å²) >= 11 is 0. The number of carboxylic acids is 1. The highest BCUT2D eigenvalue weighted by Gasteiger charge is 2.34. The maximum absolute atomic E-state index is 10.9. The predicted octanol–water partition coefficient (Wildman–Crippen LogP) is 1.44. The molecule has 0 bridgehead atoms. The molecule has 1 fully saturated rings. The second-order valence-corrected chi connectivity index (χ2v) is 4.03. The van der Waals surface area contributed by atoms with Gasteiger partial charge in [-0.05, 0) is 24.7 Å². The number of rotatable bonds is 3. The van der Waals surface area contributed by atoms with Gasteiger partial charge >= 0.3 is 5.97 Å². The van der Waals surface area contributed by atoms with E-state index >= 15 is 0 Å². The SMILES string of the molecule is CC1C=C(C(=O)O)C(CC2CO2)C1. The molecule has 0 radical (unpaired) electrons. The maximum Gasteiger partial charge on any atom is 0.331 e. The molecule has 3 unspecified atom stereocenters. The zero-order valence-electron chi connectivity index (χ0n) is 7.69. The summed E-state index contributed by atoms with van der Waals surface area (Å²) in [5.74, 6) is -0.121. The first-order valence-electron chi connectivity index (χ1n) is 4.73. The van der Waals surface area contributed by atoms with Gasteiger partial charge in [0.15, 0.2) is 0 Å². The lowest BCUT2D eigenvalue weighted by Crippen LogP contribution is -2.11. The van der Waals surface area contributed by atoms with Crippen LogP contribution in [0.4, 0.5) is 0 Å². The van der Waals surface area contributed by atoms with Gasteiger partial charge in [-0.25, -0.2) is 4.79 Å². The molecule has 0 spiro atoms. The minimum absolute atomic E-state index is 0.222. The van der Waals surface area contributed by atoms with Crippen molar-refractivity contribution in [3.8, 4) is 0 Å². The van der Waals surface area contributed by atoms with E-state index in [4.69, 9.17) is 9.84 Å². The molecule has 1 saturated heterocycles.